The predicted octanol–water partition coefficient (Wildman–Crippen LogP) is 7.47. The lowest BCUT2D eigenvalue weighted by Gasteiger charge is -2.12. The van der Waals surface area contributed by atoms with Gasteiger partial charge < -0.3 is 34.9 Å². The summed E-state index contributed by atoms with van der Waals surface area (Å²) in [5.74, 6) is 1.69. The highest BCUT2D eigenvalue weighted by atomic mass is 35.5. The molecule has 72 heavy (non-hydrogen) atoms. The van der Waals surface area contributed by atoms with Crippen LogP contribution < -0.4 is 31.1 Å². The minimum atomic E-state index is -0.468. The van der Waals surface area contributed by atoms with Crippen LogP contribution in [0.5, 0.6) is 17.2 Å². The van der Waals surface area contributed by atoms with E-state index in [0.29, 0.717) is 108 Å². The second-order valence-corrected chi connectivity index (χ2v) is 16.2. The van der Waals surface area contributed by atoms with E-state index in [2.05, 4.69) is 19.7 Å². The summed E-state index contributed by atoms with van der Waals surface area (Å²) in [4.78, 5) is 59.2. The van der Waals surface area contributed by atoms with Crippen LogP contribution >= 0.6 is 11.6 Å². The number of Topliss-reactive ketones (excluding diaryl/α,β-unsaturated/α-hetero) is 1. The molecule has 0 aliphatic carbocycles. The Morgan fingerprint density at radius 1 is 0.667 bits per heavy atom. The first-order chi connectivity index (χ1) is 35.0. The van der Waals surface area contributed by atoms with Gasteiger partial charge in [-0.2, -0.15) is 0 Å². The monoisotopic (exact) mass is 998 g/mol. The third-order valence-corrected chi connectivity index (χ3v) is 11.1. The van der Waals surface area contributed by atoms with Gasteiger partial charge in [0.15, 0.2) is 34.4 Å². The zero-order chi connectivity index (χ0) is 51.8. The molecule has 3 aromatic carbocycles. The van der Waals surface area contributed by atoms with Gasteiger partial charge >= 0.3 is 5.97 Å². The molecule has 1 saturated heterocycles. The number of esters is 1. The molecule has 1 aliphatic rings. The summed E-state index contributed by atoms with van der Waals surface area (Å²) in [5.41, 5.74) is 12.2. The maximum absolute atomic E-state index is 12.6. The highest BCUT2D eigenvalue weighted by molar-refractivity contribution is 6.18. The number of nitrogen functional groups attached to an aromatic ring is 1. The first-order valence-electron chi connectivity index (χ1n) is 23.0. The number of nitrogens with zero attached hydrogens (tertiary/aromatic N) is 5. The summed E-state index contributed by atoms with van der Waals surface area (Å²) in [6, 6.07) is 40.4. The van der Waals surface area contributed by atoms with Gasteiger partial charge in [-0.05, 0) is 80.3 Å². The molecular weight excluding hydrogens is 940 g/mol. The number of aromatic nitrogens is 5. The Balaban J connectivity index is 0.000000185. The lowest BCUT2D eigenvalue weighted by atomic mass is 10.1. The number of ether oxygens (including phenoxy) is 4. The molecule has 4 N–H and O–H groups in total. The number of aryl methyl sites for hydroxylation is 2. The molecule has 376 valence electrons. The van der Waals surface area contributed by atoms with Crippen LogP contribution in [-0.4, -0.2) is 71.9 Å². The van der Waals surface area contributed by atoms with Gasteiger partial charge in [0.2, 0.25) is 0 Å². The van der Waals surface area contributed by atoms with Crippen LogP contribution in [0.1, 0.15) is 52.5 Å². The first kappa shape index (κ1) is 55.0. The molecule has 9 rings (SSSR count). The number of aliphatic hydroxyl groups is 2. The number of cyclic esters (lactones) is 1. The van der Waals surface area contributed by atoms with Crippen LogP contribution in [0, 0.1) is 19.8 Å². The lowest BCUT2D eigenvalue weighted by Crippen LogP contribution is -2.22. The molecule has 1 atom stereocenters. The quantitative estimate of drug-likeness (QED) is 0.0547. The smallest absolute Gasteiger partial charge is 0.316 e. The minimum Gasteiger partial charge on any atom is -0.485 e. The Kier molecular flexibility index (Phi) is 21.9. The molecule has 8 aromatic rings. The predicted molar refractivity (Wildman–Crippen MR) is 276 cm³/mol. The van der Waals surface area contributed by atoms with Crippen molar-refractivity contribution >= 4 is 40.5 Å². The van der Waals surface area contributed by atoms with Crippen molar-refractivity contribution in [2.45, 2.75) is 59.9 Å². The number of pyridine rings is 3. The van der Waals surface area contributed by atoms with Crippen LogP contribution in [0.15, 0.2) is 156 Å². The number of rotatable bonds is 14. The fourth-order valence-electron chi connectivity index (χ4n) is 7.16. The van der Waals surface area contributed by atoms with E-state index in [0.717, 1.165) is 23.8 Å². The van der Waals surface area contributed by atoms with Gasteiger partial charge in [0.05, 0.1) is 6.61 Å². The van der Waals surface area contributed by atoms with Crippen molar-refractivity contribution in [2.75, 3.05) is 31.9 Å². The van der Waals surface area contributed by atoms with Crippen molar-refractivity contribution in [3.05, 3.63) is 206 Å². The normalized spacial score (nSPS) is 12.3. The minimum absolute atomic E-state index is 0.0754. The van der Waals surface area contributed by atoms with Crippen molar-refractivity contribution in [2.24, 2.45) is 5.92 Å². The Labute approximate surface area is 422 Å². The number of carbonyl (C=O) groups excluding carboxylic acids is 2. The van der Waals surface area contributed by atoms with Crippen LogP contribution in [0.4, 0.5) is 5.82 Å². The Bertz CT molecular complexity index is 2950. The summed E-state index contributed by atoms with van der Waals surface area (Å²) in [7, 11) is 1.00. The standard InChI is InChI=1S/C18H17ClN2O2.C18H18N2O3.C12H12N2O.C6H8O3.CH4O/c1-13-15(9-10-19)18(22)21-11-5-8-16(17(21)20-13)23-12-14-6-3-2-4-7-14;1-13-15(9-11-21)18(22)20-10-5-8-16(17(20)19-13)23-12-14-6-3-2-4-7-14;13-12-11(7-4-8-14-12)15-9-10-5-2-1-3-6-10;1-4(7)5-2-3-9-6(5)8;1-2/h2-8,11H,9-10,12H2,1H3;2-8,10,21H,9,11-12H2,1H3;1-8H,9H2,(H2,13,14);5H,2-3H2,1H3;2H,1H3. The molecule has 0 spiro atoms. The third kappa shape index (κ3) is 15.5. The summed E-state index contributed by atoms with van der Waals surface area (Å²) >= 11 is 5.78. The number of nitrogens with two attached hydrogens (primary N) is 1. The fraction of sp³-hybridized carbons (Fsp3) is 0.255. The number of fused-ring (bicyclic) bond motifs is 2. The average Bonchev–Trinajstić information content (AvgIpc) is 3.85. The molecule has 0 amide bonds. The number of ketones is 1. The molecule has 5 aromatic heterocycles. The average molecular weight is 1000 g/mol. The van der Waals surface area contributed by atoms with E-state index >= 15 is 0 Å². The Morgan fingerprint density at radius 3 is 1.47 bits per heavy atom. The highest BCUT2D eigenvalue weighted by Crippen LogP contribution is 2.22. The van der Waals surface area contributed by atoms with Gasteiger partial charge in [0.25, 0.3) is 11.1 Å². The molecular formula is C55H59ClN6O10. The molecule has 0 saturated carbocycles. The molecule has 1 fully saturated rings. The van der Waals surface area contributed by atoms with E-state index in [9.17, 15) is 19.2 Å². The number of halogens is 1. The van der Waals surface area contributed by atoms with Gasteiger partial charge in [0, 0.05) is 73.5 Å². The second-order valence-electron chi connectivity index (χ2n) is 15.8. The van der Waals surface area contributed by atoms with Crippen molar-refractivity contribution < 1.29 is 38.7 Å². The summed E-state index contributed by atoms with van der Waals surface area (Å²) in [5, 5.41) is 16.1. The number of hydrogen-bond acceptors (Lipinski definition) is 14. The van der Waals surface area contributed by atoms with E-state index in [4.69, 9.17) is 41.8 Å². The second kappa shape index (κ2) is 28.7. The number of anilines is 1. The maximum Gasteiger partial charge on any atom is 0.316 e. The van der Waals surface area contributed by atoms with E-state index < -0.39 is 5.92 Å². The molecule has 6 heterocycles. The number of carbonyl (C=O) groups is 2. The maximum atomic E-state index is 12.6. The summed E-state index contributed by atoms with van der Waals surface area (Å²) in [6.45, 7) is 6.70. The van der Waals surface area contributed by atoms with Gasteiger partial charge in [-0.25, -0.2) is 15.0 Å². The van der Waals surface area contributed by atoms with E-state index in [1.807, 2.05) is 110 Å². The summed E-state index contributed by atoms with van der Waals surface area (Å²) < 4.78 is 24.8. The highest BCUT2D eigenvalue weighted by Gasteiger charge is 2.30. The number of aliphatic hydroxyl groups excluding tert-OH is 2. The lowest BCUT2D eigenvalue weighted by molar-refractivity contribution is -0.144. The Morgan fingerprint density at radius 2 is 1.10 bits per heavy atom. The van der Waals surface area contributed by atoms with Crippen LogP contribution in [-0.2, 0) is 47.0 Å². The molecule has 1 aliphatic heterocycles. The number of hydrogen-bond donors (Lipinski definition) is 3. The molecule has 0 bridgehead atoms. The van der Waals surface area contributed by atoms with E-state index in [-0.39, 0.29) is 29.5 Å². The Hall–Kier alpha value is -7.92. The molecule has 1 unspecified atom stereocenters. The van der Waals surface area contributed by atoms with Crippen molar-refractivity contribution in [1.82, 2.24) is 23.8 Å². The van der Waals surface area contributed by atoms with Crippen molar-refractivity contribution in [3.8, 4) is 17.2 Å². The summed E-state index contributed by atoms with van der Waals surface area (Å²) in [6.07, 6.45) is 6.39. The third-order valence-electron chi connectivity index (χ3n) is 10.9. The van der Waals surface area contributed by atoms with Gasteiger partial charge in [-0.15, -0.1) is 11.6 Å². The van der Waals surface area contributed by atoms with Gasteiger partial charge in [0.1, 0.15) is 31.5 Å². The van der Waals surface area contributed by atoms with E-state index in [1.54, 1.807) is 49.8 Å². The first-order valence-corrected chi connectivity index (χ1v) is 23.5. The zero-order valence-electron chi connectivity index (χ0n) is 40.6. The largest absolute Gasteiger partial charge is 0.485 e. The molecule has 17 heteroatoms. The van der Waals surface area contributed by atoms with Crippen molar-refractivity contribution in [3.63, 3.8) is 0 Å². The molecule has 0 radical (unpaired) electrons. The topological polar surface area (TPSA) is 219 Å². The van der Waals surface area contributed by atoms with Gasteiger partial charge in [-0.3, -0.25) is 28.0 Å². The zero-order valence-corrected chi connectivity index (χ0v) is 41.4. The molecule has 16 nitrogen and oxygen atoms in total. The van der Waals surface area contributed by atoms with Gasteiger partial charge in [-0.1, -0.05) is 91.0 Å². The number of benzene rings is 3. The van der Waals surface area contributed by atoms with Crippen LogP contribution in [0.2, 0.25) is 0 Å². The SMILES string of the molecule is CC(=O)C1CCOC1=O.CO.Cc1nc2c(OCc3ccccc3)cccn2c(=O)c1CCCl.Cc1nc2c(OCc3ccccc3)cccn2c(=O)c1CCO.Nc1ncccc1OCc1ccccc1. The van der Waals surface area contributed by atoms with Crippen LogP contribution in [0.25, 0.3) is 11.3 Å². The number of alkyl halides is 1. The van der Waals surface area contributed by atoms with Crippen LogP contribution in [0.3, 0.4) is 0 Å². The van der Waals surface area contributed by atoms with Crippen molar-refractivity contribution in [1.29, 1.82) is 0 Å². The fourth-order valence-corrected chi connectivity index (χ4v) is 7.35. The van der Waals surface area contributed by atoms with E-state index in [1.165, 1.54) is 15.7 Å².